The number of fused-ring (bicyclic) bond motifs is 5. The minimum absolute atomic E-state index is 0.0417. The van der Waals surface area contributed by atoms with Crippen molar-refractivity contribution in [3.8, 4) is 0 Å². The fourth-order valence-electron chi connectivity index (χ4n) is 5.73. The first-order valence-corrected chi connectivity index (χ1v) is 11.9. The van der Waals surface area contributed by atoms with E-state index in [1.165, 1.54) is 17.0 Å². The number of sulfonamides is 1. The Morgan fingerprint density at radius 3 is 1.90 bits per heavy atom. The van der Waals surface area contributed by atoms with Gasteiger partial charge in [0.15, 0.2) is 0 Å². The molecule has 6 atom stereocenters. The Labute approximate surface area is 171 Å². The SMILES string of the molecule is C[C@@H]1CCC[C@H](C)N1S(=O)(=O)c1ccc(N2C(=O)[C@@H]3[C@H](C2=O)[C@@H]2CC[C@H]3O2)cc1. The molecule has 0 aromatic heterocycles. The summed E-state index contributed by atoms with van der Waals surface area (Å²) < 4.78 is 33.7. The highest BCUT2D eigenvalue weighted by Gasteiger charge is 2.62. The normalized spacial score (nSPS) is 37.4. The molecule has 8 heteroatoms. The number of carbonyl (C=O) groups excluding carboxylic acids is 2. The van der Waals surface area contributed by atoms with Crippen LogP contribution in [0.2, 0.25) is 0 Å². The second kappa shape index (κ2) is 6.62. The quantitative estimate of drug-likeness (QED) is 0.704. The Bertz CT molecular complexity index is 922. The van der Waals surface area contributed by atoms with Crippen LogP contribution in [0.3, 0.4) is 0 Å². The molecule has 4 saturated heterocycles. The van der Waals surface area contributed by atoms with Crippen molar-refractivity contribution in [1.29, 1.82) is 0 Å². The number of hydrogen-bond donors (Lipinski definition) is 0. The second-order valence-corrected chi connectivity index (χ2v) is 10.7. The number of benzene rings is 1. The summed E-state index contributed by atoms with van der Waals surface area (Å²) in [6.07, 6.45) is 4.06. The lowest BCUT2D eigenvalue weighted by molar-refractivity contribution is -0.124. The van der Waals surface area contributed by atoms with Crippen molar-refractivity contribution < 1.29 is 22.7 Å². The van der Waals surface area contributed by atoms with E-state index in [2.05, 4.69) is 0 Å². The van der Waals surface area contributed by atoms with Crippen LogP contribution in [0.5, 0.6) is 0 Å². The summed E-state index contributed by atoms with van der Waals surface area (Å²) in [4.78, 5) is 27.2. The van der Waals surface area contributed by atoms with E-state index in [9.17, 15) is 18.0 Å². The Morgan fingerprint density at radius 2 is 1.38 bits per heavy atom. The summed E-state index contributed by atoms with van der Waals surface area (Å²) in [5.41, 5.74) is 0.437. The fourth-order valence-corrected chi connectivity index (χ4v) is 7.61. The fraction of sp³-hybridized carbons (Fsp3) is 0.619. The van der Waals surface area contributed by atoms with Crippen molar-refractivity contribution in [2.24, 2.45) is 11.8 Å². The van der Waals surface area contributed by atoms with Gasteiger partial charge in [-0.25, -0.2) is 13.3 Å². The maximum Gasteiger partial charge on any atom is 0.243 e. The molecule has 0 radical (unpaired) electrons. The Kier molecular flexibility index (Phi) is 4.38. The van der Waals surface area contributed by atoms with Crippen LogP contribution < -0.4 is 4.90 Å². The molecule has 156 valence electrons. The van der Waals surface area contributed by atoms with Gasteiger partial charge in [0.2, 0.25) is 21.8 Å². The number of amides is 2. The first-order valence-electron chi connectivity index (χ1n) is 10.5. The Balaban J connectivity index is 1.42. The number of anilines is 1. The van der Waals surface area contributed by atoms with Gasteiger partial charge in [-0.05, 0) is 63.8 Å². The zero-order valence-corrected chi connectivity index (χ0v) is 17.5. The zero-order chi connectivity index (χ0) is 20.5. The van der Waals surface area contributed by atoms with E-state index in [1.54, 1.807) is 16.4 Å². The van der Waals surface area contributed by atoms with Crippen LogP contribution in [0.15, 0.2) is 29.2 Å². The zero-order valence-electron chi connectivity index (χ0n) is 16.7. The minimum Gasteiger partial charge on any atom is -0.373 e. The third-order valence-electron chi connectivity index (χ3n) is 7.07. The third kappa shape index (κ3) is 2.72. The van der Waals surface area contributed by atoms with E-state index < -0.39 is 10.0 Å². The first-order chi connectivity index (χ1) is 13.8. The smallest absolute Gasteiger partial charge is 0.243 e. The number of piperidine rings is 1. The van der Waals surface area contributed by atoms with Gasteiger partial charge >= 0.3 is 0 Å². The molecule has 1 aromatic rings. The maximum absolute atomic E-state index is 13.2. The van der Waals surface area contributed by atoms with Crippen molar-refractivity contribution in [1.82, 2.24) is 4.31 Å². The van der Waals surface area contributed by atoms with Gasteiger partial charge in [-0.3, -0.25) is 9.59 Å². The monoisotopic (exact) mass is 418 g/mol. The average Bonchev–Trinajstić information content (AvgIpc) is 3.35. The number of imide groups is 1. The molecular weight excluding hydrogens is 392 g/mol. The molecule has 5 rings (SSSR count). The van der Waals surface area contributed by atoms with E-state index in [0.29, 0.717) is 5.69 Å². The lowest BCUT2D eigenvalue weighted by Crippen LogP contribution is -2.47. The Morgan fingerprint density at radius 1 is 0.862 bits per heavy atom. The molecule has 1 aromatic carbocycles. The van der Waals surface area contributed by atoms with E-state index in [4.69, 9.17) is 4.74 Å². The highest BCUT2D eigenvalue weighted by Crippen LogP contribution is 2.49. The summed E-state index contributed by atoms with van der Waals surface area (Å²) in [6.45, 7) is 3.89. The van der Waals surface area contributed by atoms with E-state index >= 15 is 0 Å². The molecule has 0 aliphatic carbocycles. The largest absolute Gasteiger partial charge is 0.373 e. The highest BCUT2D eigenvalue weighted by atomic mass is 32.2. The molecule has 0 N–H and O–H groups in total. The topological polar surface area (TPSA) is 84.0 Å². The van der Waals surface area contributed by atoms with Crippen molar-refractivity contribution in [2.75, 3.05) is 4.90 Å². The van der Waals surface area contributed by atoms with E-state index in [-0.39, 0.29) is 52.8 Å². The molecule has 0 saturated carbocycles. The molecule has 4 aliphatic heterocycles. The van der Waals surface area contributed by atoms with Gasteiger partial charge < -0.3 is 4.74 Å². The lowest BCUT2D eigenvalue weighted by Gasteiger charge is -2.37. The predicted molar refractivity (Wildman–Crippen MR) is 106 cm³/mol. The van der Waals surface area contributed by atoms with Crippen LogP contribution in [0.4, 0.5) is 5.69 Å². The van der Waals surface area contributed by atoms with Crippen LogP contribution in [0, 0.1) is 11.8 Å². The summed E-state index contributed by atoms with van der Waals surface area (Å²) in [5.74, 6) is -1.22. The Hall–Kier alpha value is -1.77. The van der Waals surface area contributed by atoms with E-state index in [1.807, 2.05) is 13.8 Å². The van der Waals surface area contributed by atoms with Crippen LogP contribution >= 0.6 is 0 Å². The summed E-state index contributed by atoms with van der Waals surface area (Å²) in [7, 11) is -3.63. The van der Waals surface area contributed by atoms with Crippen molar-refractivity contribution in [3.63, 3.8) is 0 Å². The average molecular weight is 419 g/mol. The second-order valence-electron chi connectivity index (χ2n) is 8.81. The lowest BCUT2D eigenvalue weighted by atomic mass is 9.81. The van der Waals surface area contributed by atoms with Crippen molar-refractivity contribution in [3.05, 3.63) is 24.3 Å². The van der Waals surface area contributed by atoms with Gasteiger partial charge in [-0.15, -0.1) is 0 Å². The minimum atomic E-state index is -3.63. The highest BCUT2D eigenvalue weighted by molar-refractivity contribution is 7.89. The number of ether oxygens (including phenoxy) is 1. The standard InChI is InChI=1S/C21H26N2O5S/c1-12-4-3-5-13(2)23(12)29(26,27)15-8-6-14(7-9-15)22-20(24)18-16-10-11-17(28-16)19(18)21(22)25/h6-9,12-13,16-19H,3-5,10-11H2,1-2H3/t12-,13+,16-,17+,18+,19-. The number of hydrogen-bond acceptors (Lipinski definition) is 5. The number of carbonyl (C=O) groups is 2. The molecule has 4 fully saturated rings. The number of rotatable bonds is 3. The summed E-state index contributed by atoms with van der Waals surface area (Å²) >= 11 is 0. The molecule has 4 heterocycles. The molecule has 7 nitrogen and oxygen atoms in total. The van der Waals surface area contributed by atoms with Gasteiger partial charge in [-0.1, -0.05) is 6.42 Å². The van der Waals surface area contributed by atoms with Gasteiger partial charge in [0.25, 0.3) is 0 Å². The van der Waals surface area contributed by atoms with Crippen molar-refractivity contribution in [2.45, 2.75) is 75.1 Å². The summed E-state index contributed by atoms with van der Waals surface area (Å²) in [6, 6.07) is 6.09. The van der Waals surface area contributed by atoms with E-state index in [0.717, 1.165) is 32.1 Å². The van der Waals surface area contributed by atoms with Gasteiger partial charge in [0.1, 0.15) is 0 Å². The molecule has 4 aliphatic rings. The molecular formula is C21H26N2O5S. The van der Waals surface area contributed by atoms with Crippen LogP contribution in [0.25, 0.3) is 0 Å². The van der Waals surface area contributed by atoms with Gasteiger partial charge in [0, 0.05) is 12.1 Å². The number of nitrogens with zero attached hydrogens (tertiary/aromatic N) is 2. The molecule has 2 bridgehead atoms. The maximum atomic E-state index is 13.2. The van der Waals surface area contributed by atoms with Crippen LogP contribution in [0.1, 0.15) is 46.0 Å². The summed E-state index contributed by atoms with van der Waals surface area (Å²) in [5, 5.41) is 0. The van der Waals surface area contributed by atoms with Gasteiger partial charge in [-0.2, -0.15) is 4.31 Å². The van der Waals surface area contributed by atoms with Crippen LogP contribution in [-0.4, -0.2) is 48.8 Å². The molecule has 29 heavy (non-hydrogen) atoms. The predicted octanol–water partition coefficient (Wildman–Crippen LogP) is 2.30. The van der Waals surface area contributed by atoms with Gasteiger partial charge in [0.05, 0.1) is 34.6 Å². The first kappa shape index (κ1) is 19.2. The molecule has 0 spiro atoms. The van der Waals surface area contributed by atoms with Crippen LogP contribution in [-0.2, 0) is 24.3 Å². The molecule has 0 unspecified atom stereocenters. The third-order valence-corrected chi connectivity index (χ3v) is 9.21. The molecule has 2 amide bonds. The van der Waals surface area contributed by atoms with Crippen molar-refractivity contribution >= 4 is 27.5 Å².